The van der Waals surface area contributed by atoms with Crippen molar-refractivity contribution < 1.29 is 0 Å². The Kier molecular flexibility index (Phi) is 3.29. The largest absolute Gasteiger partial charge is 0.353 e. The van der Waals surface area contributed by atoms with Crippen LogP contribution in [0.3, 0.4) is 0 Å². The summed E-state index contributed by atoms with van der Waals surface area (Å²) in [5.41, 5.74) is 0.368. The summed E-state index contributed by atoms with van der Waals surface area (Å²) >= 11 is 5.93. The van der Waals surface area contributed by atoms with Gasteiger partial charge in [-0.15, -0.1) is 0 Å². The lowest BCUT2D eigenvalue weighted by molar-refractivity contribution is 0.379. The van der Waals surface area contributed by atoms with E-state index in [1.54, 1.807) is 0 Å². The van der Waals surface area contributed by atoms with E-state index in [0.29, 0.717) is 23.2 Å². The molecular weight excluding hydrogens is 278 g/mol. The van der Waals surface area contributed by atoms with E-state index in [1.165, 1.54) is 30.2 Å². The van der Waals surface area contributed by atoms with Crippen LogP contribution in [0.15, 0.2) is 12.7 Å². The van der Waals surface area contributed by atoms with E-state index in [2.05, 4.69) is 44.2 Å². The highest BCUT2D eigenvalue weighted by Crippen LogP contribution is 2.51. The molecule has 1 N–H and O–H groups in total. The molecule has 0 spiro atoms. The van der Waals surface area contributed by atoms with Gasteiger partial charge in [0.2, 0.25) is 11.2 Å². The summed E-state index contributed by atoms with van der Waals surface area (Å²) < 4.78 is 1.45. The van der Waals surface area contributed by atoms with Crippen molar-refractivity contribution in [3.05, 3.63) is 17.9 Å². The molecule has 1 fully saturated rings. The van der Waals surface area contributed by atoms with Crippen LogP contribution in [0.4, 0.5) is 5.95 Å². The van der Waals surface area contributed by atoms with Gasteiger partial charge in [-0.3, -0.25) is 0 Å². The number of hydrogen-bond acceptors (Lipinski definition) is 6. The zero-order valence-electron chi connectivity index (χ0n) is 11.4. The number of aromatic nitrogens is 6. The predicted octanol–water partition coefficient (Wildman–Crippen LogP) is 1.95. The second-order valence-corrected chi connectivity index (χ2v) is 5.78. The zero-order chi connectivity index (χ0) is 14.2. The SMILES string of the molecule is CC(C)C1(CNc2nc(Cl)nc(-n3cncn3)n2)CC1. The van der Waals surface area contributed by atoms with Gasteiger partial charge in [0.1, 0.15) is 12.7 Å². The minimum absolute atomic E-state index is 0.141. The lowest BCUT2D eigenvalue weighted by Gasteiger charge is -2.19. The summed E-state index contributed by atoms with van der Waals surface area (Å²) in [6.45, 7) is 5.34. The zero-order valence-corrected chi connectivity index (χ0v) is 12.2. The maximum atomic E-state index is 5.93. The van der Waals surface area contributed by atoms with Crippen molar-refractivity contribution in [1.29, 1.82) is 0 Å². The number of rotatable bonds is 5. The molecule has 0 aromatic carbocycles. The molecule has 0 amide bonds. The summed E-state index contributed by atoms with van der Waals surface area (Å²) in [5, 5.41) is 7.39. The molecule has 106 valence electrons. The van der Waals surface area contributed by atoms with E-state index in [0.717, 1.165) is 6.54 Å². The molecule has 1 saturated carbocycles. The van der Waals surface area contributed by atoms with Gasteiger partial charge in [0, 0.05) is 6.54 Å². The smallest absolute Gasteiger partial charge is 0.258 e. The van der Waals surface area contributed by atoms with Crippen molar-refractivity contribution in [2.45, 2.75) is 26.7 Å². The predicted molar refractivity (Wildman–Crippen MR) is 74.7 cm³/mol. The van der Waals surface area contributed by atoms with Gasteiger partial charge >= 0.3 is 0 Å². The van der Waals surface area contributed by atoms with Gasteiger partial charge < -0.3 is 5.32 Å². The van der Waals surface area contributed by atoms with Crippen molar-refractivity contribution in [1.82, 2.24) is 29.7 Å². The van der Waals surface area contributed by atoms with E-state index < -0.39 is 0 Å². The van der Waals surface area contributed by atoms with E-state index >= 15 is 0 Å². The maximum Gasteiger partial charge on any atom is 0.258 e. The fraction of sp³-hybridized carbons (Fsp3) is 0.583. The van der Waals surface area contributed by atoms with Gasteiger partial charge in [-0.05, 0) is 35.8 Å². The van der Waals surface area contributed by atoms with E-state index in [4.69, 9.17) is 11.6 Å². The highest BCUT2D eigenvalue weighted by molar-refractivity contribution is 6.28. The van der Waals surface area contributed by atoms with Crippen LogP contribution >= 0.6 is 11.6 Å². The fourth-order valence-corrected chi connectivity index (χ4v) is 2.36. The van der Waals surface area contributed by atoms with Gasteiger partial charge in [-0.2, -0.15) is 24.7 Å². The van der Waals surface area contributed by atoms with Crippen molar-refractivity contribution in [3.63, 3.8) is 0 Å². The first-order chi connectivity index (χ1) is 9.59. The maximum absolute atomic E-state index is 5.93. The van der Waals surface area contributed by atoms with Crippen LogP contribution in [0.25, 0.3) is 5.95 Å². The molecule has 7 nitrogen and oxygen atoms in total. The van der Waals surface area contributed by atoms with Crippen LogP contribution in [-0.2, 0) is 0 Å². The highest BCUT2D eigenvalue weighted by Gasteiger charge is 2.45. The molecule has 3 rings (SSSR count). The first-order valence-corrected chi connectivity index (χ1v) is 6.97. The lowest BCUT2D eigenvalue weighted by Crippen LogP contribution is -2.22. The highest BCUT2D eigenvalue weighted by atomic mass is 35.5. The first kappa shape index (κ1) is 13.2. The monoisotopic (exact) mass is 293 g/mol. The fourth-order valence-electron chi connectivity index (χ4n) is 2.21. The average Bonchev–Trinajstić information content (AvgIpc) is 3.01. The Morgan fingerprint density at radius 1 is 1.35 bits per heavy atom. The number of nitrogens with zero attached hydrogens (tertiary/aromatic N) is 6. The average molecular weight is 294 g/mol. The topological polar surface area (TPSA) is 81.4 Å². The van der Waals surface area contributed by atoms with E-state index in [9.17, 15) is 0 Å². The second-order valence-electron chi connectivity index (χ2n) is 5.44. The standard InChI is InChI=1S/C12H16ClN7/c1-8(2)12(3-4-12)5-15-10-17-9(13)18-11(19-10)20-7-14-6-16-20/h6-8H,3-5H2,1-2H3,(H,15,17,18,19). The quantitative estimate of drug-likeness (QED) is 0.907. The third-order valence-electron chi connectivity index (χ3n) is 3.94. The van der Waals surface area contributed by atoms with Gasteiger partial charge in [0.15, 0.2) is 0 Å². The van der Waals surface area contributed by atoms with Gasteiger partial charge in [0.05, 0.1) is 0 Å². The molecule has 1 aliphatic rings. The summed E-state index contributed by atoms with van der Waals surface area (Å²) in [6, 6.07) is 0. The molecule has 8 heteroatoms. The number of halogens is 1. The summed E-state index contributed by atoms with van der Waals surface area (Å²) in [6.07, 6.45) is 5.42. The lowest BCUT2D eigenvalue weighted by atomic mass is 9.92. The molecule has 0 bridgehead atoms. The second kappa shape index (κ2) is 4.97. The molecule has 20 heavy (non-hydrogen) atoms. The molecule has 0 atom stereocenters. The molecule has 1 aliphatic carbocycles. The minimum atomic E-state index is 0.141. The van der Waals surface area contributed by atoms with Crippen molar-refractivity contribution >= 4 is 17.5 Å². The Morgan fingerprint density at radius 2 is 2.15 bits per heavy atom. The summed E-state index contributed by atoms with van der Waals surface area (Å²) in [5.74, 6) is 1.48. The molecule has 0 saturated heterocycles. The van der Waals surface area contributed by atoms with E-state index in [-0.39, 0.29) is 5.28 Å². The number of anilines is 1. The molecule has 0 aliphatic heterocycles. The first-order valence-electron chi connectivity index (χ1n) is 6.59. The van der Waals surface area contributed by atoms with Crippen LogP contribution in [0.1, 0.15) is 26.7 Å². The summed E-state index contributed by atoms with van der Waals surface area (Å²) in [4.78, 5) is 16.3. The Bertz CT molecular complexity index is 592. The van der Waals surface area contributed by atoms with Gasteiger partial charge in [0.25, 0.3) is 5.95 Å². The molecular formula is C12H16ClN7. The van der Waals surface area contributed by atoms with Crippen LogP contribution in [0, 0.1) is 11.3 Å². The van der Waals surface area contributed by atoms with Crippen LogP contribution in [0.5, 0.6) is 0 Å². The third-order valence-corrected chi connectivity index (χ3v) is 4.10. The van der Waals surface area contributed by atoms with Crippen LogP contribution in [0.2, 0.25) is 5.28 Å². The molecule has 0 unspecified atom stereocenters. The third kappa shape index (κ3) is 2.58. The van der Waals surface area contributed by atoms with Crippen molar-refractivity contribution in [2.24, 2.45) is 11.3 Å². The molecule has 2 aromatic heterocycles. The Morgan fingerprint density at radius 3 is 2.75 bits per heavy atom. The van der Waals surface area contributed by atoms with Crippen LogP contribution in [-0.4, -0.2) is 36.3 Å². The van der Waals surface area contributed by atoms with Gasteiger partial charge in [-0.1, -0.05) is 13.8 Å². The van der Waals surface area contributed by atoms with E-state index in [1.807, 2.05) is 0 Å². The minimum Gasteiger partial charge on any atom is -0.353 e. The molecule has 2 aromatic rings. The normalized spacial score (nSPS) is 16.4. The van der Waals surface area contributed by atoms with Gasteiger partial charge in [-0.25, -0.2) is 4.98 Å². The molecule has 2 heterocycles. The Labute approximate surface area is 121 Å². The van der Waals surface area contributed by atoms with Crippen molar-refractivity contribution in [3.8, 4) is 5.95 Å². The summed E-state index contributed by atoms with van der Waals surface area (Å²) in [7, 11) is 0. The van der Waals surface area contributed by atoms with Crippen molar-refractivity contribution in [2.75, 3.05) is 11.9 Å². The van der Waals surface area contributed by atoms with Crippen LogP contribution < -0.4 is 5.32 Å². The Balaban J connectivity index is 1.77. The Hall–Kier alpha value is -1.76. The number of nitrogens with one attached hydrogen (secondary N) is 1. The molecule has 0 radical (unpaired) electrons. The number of hydrogen-bond donors (Lipinski definition) is 1.